The summed E-state index contributed by atoms with van der Waals surface area (Å²) in [5.74, 6) is -1.37. The van der Waals surface area contributed by atoms with Gasteiger partial charge < -0.3 is 32.7 Å². The molecule has 0 saturated heterocycles. The average molecular weight is 592 g/mol. The molecule has 1 aromatic carbocycles. The number of amides is 2. The van der Waals surface area contributed by atoms with Gasteiger partial charge in [0.05, 0.1) is 11.8 Å². The quantitative estimate of drug-likeness (QED) is 0.0415. The molecule has 2 amide bonds. The van der Waals surface area contributed by atoms with Crippen LogP contribution in [0.15, 0.2) is 23.2 Å². The molecule has 2 rings (SSSR count). The lowest BCUT2D eigenvalue weighted by molar-refractivity contribution is -0.105. The number of aromatic hydroxyl groups is 1. The third-order valence-corrected chi connectivity index (χ3v) is 6.68. The van der Waals surface area contributed by atoms with Crippen molar-refractivity contribution in [1.29, 1.82) is 0 Å². The smallest absolute Gasteiger partial charge is 0.280 e. The average Bonchev–Trinajstić information content (AvgIpc) is 2.93. The molecule has 0 radical (unpaired) electrons. The normalized spacial score (nSPS) is 13.0. The summed E-state index contributed by atoms with van der Waals surface area (Å²) in [6.07, 6.45) is 9.92. The summed E-state index contributed by atoms with van der Waals surface area (Å²) in [5.41, 5.74) is 17.8. The number of aliphatic hydroxyl groups excluding tert-OH is 1. The summed E-state index contributed by atoms with van der Waals surface area (Å²) in [6, 6.07) is 4.41. The number of aromatic nitrogens is 2. The Hall–Kier alpha value is -3.68. The van der Waals surface area contributed by atoms with Crippen molar-refractivity contribution in [3.8, 4) is 5.75 Å². The monoisotopic (exact) mass is 591 g/mol. The maximum absolute atomic E-state index is 12.6. The van der Waals surface area contributed by atoms with E-state index in [9.17, 15) is 19.8 Å². The van der Waals surface area contributed by atoms with Gasteiger partial charge in [0.2, 0.25) is 6.41 Å². The minimum Gasteiger partial charge on any atom is -0.506 e. The molecule has 0 aliphatic carbocycles. The third kappa shape index (κ3) is 11.8. The van der Waals surface area contributed by atoms with Crippen LogP contribution in [0.4, 0.5) is 17.3 Å². The van der Waals surface area contributed by atoms with Crippen molar-refractivity contribution in [3.63, 3.8) is 0 Å². The summed E-state index contributed by atoms with van der Waals surface area (Å²) in [5, 5.41) is 28.4. The van der Waals surface area contributed by atoms with Crippen LogP contribution in [-0.4, -0.2) is 51.2 Å². The molecule has 0 bridgehead atoms. The lowest BCUT2D eigenvalue weighted by Gasteiger charge is -2.19. The molecule has 0 fully saturated rings. The molecule has 0 unspecified atom stereocenters. The molecule has 41 heavy (non-hydrogen) atoms. The first-order valence-electron chi connectivity index (χ1n) is 13.8. The number of nitrogens with one attached hydrogen (secondary N) is 3. The summed E-state index contributed by atoms with van der Waals surface area (Å²) in [7, 11) is 0. The minimum atomic E-state index is -0.980. The standard InChI is InChI=1S/C27H42ClN9O4/c1-2-3-4-5-6-7-8-9-10-11-21(32-15-20(40)17-12-13-19(39)18(14-17)33-16-38)34-27(31)37-26(41)22-24(29)36-25(30)23(28)35-22/h12-14,16,20-21,32,39-40H,2-11,15H2,1H3,(H,33,38)(H4,29,30,36)(H3,31,34,37,41)/t20-,21-/m1/s1. The van der Waals surface area contributed by atoms with E-state index in [4.69, 9.17) is 28.8 Å². The summed E-state index contributed by atoms with van der Waals surface area (Å²) in [4.78, 5) is 35.5. The first kappa shape index (κ1) is 33.5. The number of unbranched alkanes of at least 4 members (excludes halogenated alkanes) is 8. The van der Waals surface area contributed by atoms with E-state index in [1.54, 1.807) is 6.07 Å². The molecule has 226 valence electrons. The van der Waals surface area contributed by atoms with Crippen LogP contribution in [0.25, 0.3) is 0 Å². The first-order chi connectivity index (χ1) is 19.7. The van der Waals surface area contributed by atoms with Crippen LogP contribution in [0.3, 0.4) is 0 Å². The number of nitrogens with zero attached hydrogens (tertiary/aromatic N) is 3. The highest BCUT2D eigenvalue weighted by Gasteiger charge is 2.18. The lowest BCUT2D eigenvalue weighted by atomic mass is 10.1. The maximum Gasteiger partial charge on any atom is 0.280 e. The Bertz CT molecular complexity index is 1170. The number of aliphatic imine (C=N–C) groups is 1. The largest absolute Gasteiger partial charge is 0.506 e. The molecule has 2 aromatic rings. The van der Waals surface area contributed by atoms with Crippen molar-refractivity contribution >= 4 is 47.2 Å². The zero-order chi connectivity index (χ0) is 30.2. The number of benzene rings is 1. The van der Waals surface area contributed by atoms with Crippen LogP contribution < -0.4 is 33.2 Å². The van der Waals surface area contributed by atoms with Crippen molar-refractivity contribution in [2.75, 3.05) is 23.3 Å². The van der Waals surface area contributed by atoms with Crippen LogP contribution in [0.5, 0.6) is 5.75 Å². The predicted molar refractivity (Wildman–Crippen MR) is 161 cm³/mol. The van der Waals surface area contributed by atoms with E-state index in [1.807, 2.05) is 0 Å². The SMILES string of the molecule is CCCCCCCCCCC[C@@H](N=C(N)NC(=O)c1nc(Cl)c(N)nc1N)NC[C@@H](O)c1ccc(O)c(NC=O)c1. The number of anilines is 3. The highest BCUT2D eigenvalue weighted by molar-refractivity contribution is 6.31. The van der Waals surface area contributed by atoms with Crippen molar-refractivity contribution in [2.24, 2.45) is 10.7 Å². The number of hydrogen-bond donors (Lipinski definition) is 8. The van der Waals surface area contributed by atoms with Gasteiger partial charge in [-0.3, -0.25) is 20.2 Å². The van der Waals surface area contributed by atoms with Crippen molar-refractivity contribution < 1.29 is 19.8 Å². The fraction of sp³-hybridized carbons (Fsp3) is 0.519. The summed E-state index contributed by atoms with van der Waals surface area (Å²) in [6.45, 7) is 2.29. The topological polar surface area (TPSA) is 227 Å². The molecule has 1 aromatic heterocycles. The number of halogens is 1. The van der Waals surface area contributed by atoms with Gasteiger partial charge in [-0.2, -0.15) is 0 Å². The third-order valence-electron chi connectivity index (χ3n) is 6.40. The number of phenols is 1. The van der Waals surface area contributed by atoms with Gasteiger partial charge in [-0.25, -0.2) is 15.0 Å². The van der Waals surface area contributed by atoms with E-state index in [2.05, 4.69) is 37.8 Å². The molecule has 2 atom stereocenters. The molecule has 0 aliphatic rings. The molecule has 0 aliphatic heterocycles. The van der Waals surface area contributed by atoms with Crippen molar-refractivity contribution in [2.45, 2.75) is 83.4 Å². The second kappa shape index (κ2) is 17.9. The Balaban J connectivity index is 2.03. The number of nitrogens with two attached hydrogens (primary N) is 3. The van der Waals surface area contributed by atoms with Gasteiger partial charge in [-0.1, -0.05) is 76.0 Å². The van der Waals surface area contributed by atoms with Crippen LogP contribution >= 0.6 is 11.6 Å². The molecular formula is C27H42ClN9O4. The van der Waals surface area contributed by atoms with Gasteiger partial charge in [-0.15, -0.1) is 0 Å². The fourth-order valence-corrected chi connectivity index (χ4v) is 4.28. The Morgan fingerprint density at radius 3 is 2.39 bits per heavy atom. The molecule has 0 spiro atoms. The molecule has 11 N–H and O–H groups in total. The van der Waals surface area contributed by atoms with Crippen molar-refractivity contribution in [3.05, 3.63) is 34.6 Å². The number of guanidine groups is 1. The Morgan fingerprint density at radius 2 is 1.73 bits per heavy atom. The van der Waals surface area contributed by atoms with Crippen LogP contribution in [0.1, 0.15) is 93.3 Å². The highest BCUT2D eigenvalue weighted by atomic mass is 35.5. The van der Waals surface area contributed by atoms with E-state index >= 15 is 0 Å². The molecule has 13 nitrogen and oxygen atoms in total. The van der Waals surface area contributed by atoms with Crippen LogP contribution in [-0.2, 0) is 4.79 Å². The van der Waals surface area contributed by atoms with E-state index in [1.165, 1.54) is 50.7 Å². The van der Waals surface area contributed by atoms with Crippen LogP contribution in [0.2, 0.25) is 5.15 Å². The second-order valence-electron chi connectivity index (χ2n) is 9.70. The first-order valence-corrected chi connectivity index (χ1v) is 14.2. The number of carbonyl (C=O) groups excluding carboxylic acids is 2. The molecule has 0 saturated carbocycles. The van der Waals surface area contributed by atoms with Gasteiger partial charge >= 0.3 is 0 Å². The zero-order valence-electron chi connectivity index (χ0n) is 23.4. The van der Waals surface area contributed by atoms with E-state index in [-0.39, 0.29) is 46.4 Å². The van der Waals surface area contributed by atoms with E-state index in [0.717, 1.165) is 19.3 Å². The Labute approximate surface area is 245 Å². The summed E-state index contributed by atoms with van der Waals surface area (Å²) >= 11 is 5.87. The van der Waals surface area contributed by atoms with Gasteiger partial charge in [0.15, 0.2) is 28.4 Å². The molecule has 14 heteroatoms. The second-order valence-corrected chi connectivity index (χ2v) is 10.1. The van der Waals surface area contributed by atoms with E-state index in [0.29, 0.717) is 18.4 Å². The van der Waals surface area contributed by atoms with Gasteiger partial charge in [0.25, 0.3) is 5.91 Å². The van der Waals surface area contributed by atoms with Gasteiger partial charge in [-0.05, 0) is 30.5 Å². The fourth-order valence-electron chi connectivity index (χ4n) is 4.15. The highest BCUT2D eigenvalue weighted by Crippen LogP contribution is 2.26. The van der Waals surface area contributed by atoms with Crippen molar-refractivity contribution in [1.82, 2.24) is 20.6 Å². The number of aliphatic hydroxyl groups is 1. The van der Waals surface area contributed by atoms with E-state index < -0.39 is 18.2 Å². The number of nitrogen functional groups attached to an aromatic ring is 2. The lowest BCUT2D eigenvalue weighted by Crippen LogP contribution is -2.41. The summed E-state index contributed by atoms with van der Waals surface area (Å²) < 4.78 is 0. The predicted octanol–water partition coefficient (Wildman–Crippen LogP) is 3.18. The zero-order valence-corrected chi connectivity index (χ0v) is 24.2. The number of rotatable bonds is 18. The maximum atomic E-state index is 12.6. The van der Waals surface area contributed by atoms with Crippen LogP contribution in [0, 0.1) is 0 Å². The Morgan fingerprint density at radius 1 is 1.07 bits per heavy atom. The minimum absolute atomic E-state index is 0.0874. The molecular weight excluding hydrogens is 550 g/mol. The number of hydrogen-bond acceptors (Lipinski definition) is 10. The molecule has 1 heterocycles. The number of carbonyl (C=O) groups is 2. The van der Waals surface area contributed by atoms with Gasteiger partial charge in [0, 0.05) is 6.54 Å². The van der Waals surface area contributed by atoms with Gasteiger partial charge in [0.1, 0.15) is 11.9 Å². The Kier molecular flexibility index (Phi) is 14.6. The number of phenolic OH excluding ortho intramolecular Hbond substituents is 1.